The summed E-state index contributed by atoms with van der Waals surface area (Å²) >= 11 is 0. The molecular formula is C30H29N9. The molecule has 194 valence electrons. The third-order valence-electron chi connectivity index (χ3n) is 7.33. The molecule has 0 bridgehead atoms. The molecule has 5 aromatic heterocycles. The van der Waals surface area contributed by atoms with Gasteiger partial charge in [-0.05, 0) is 42.5 Å². The zero-order valence-corrected chi connectivity index (χ0v) is 21.6. The largest absolute Gasteiger partial charge is 0.368 e. The molecule has 39 heavy (non-hydrogen) atoms. The quantitative estimate of drug-likeness (QED) is 0.267. The highest BCUT2D eigenvalue weighted by Crippen LogP contribution is 2.32. The van der Waals surface area contributed by atoms with Crippen LogP contribution < -0.4 is 10.2 Å². The molecule has 6 heterocycles. The van der Waals surface area contributed by atoms with Crippen LogP contribution in [0.4, 0.5) is 5.69 Å². The van der Waals surface area contributed by atoms with Crippen molar-refractivity contribution in [3.8, 4) is 22.8 Å². The third kappa shape index (κ3) is 4.72. The number of fused-ring (bicyclic) bond motifs is 2. The Bertz CT molecular complexity index is 1730. The summed E-state index contributed by atoms with van der Waals surface area (Å²) in [4.78, 5) is 24.5. The van der Waals surface area contributed by atoms with Crippen molar-refractivity contribution in [3.05, 3.63) is 84.6 Å². The smallest absolute Gasteiger partial charge is 0.159 e. The number of nitrogens with zero attached hydrogens (tertiary/aromatic N) is 6. The maximum atomic E-state index is 4.99. The molecule has 9 heteroatoms. The number of anilines is 1. The maximum Gasteiger partial charge on any atom is 0.159 e. The van der Waals surface area contributed by atoms with Gasteiger partial charge in [-0.1, -0.05) is 30.3 Å². The van der Waals surface area contributed by atoms with Gasteiger partial charge in [-0.2, -0.15) is 5.10 Å². The van der Waals surface area contributed by atoms with Crippen LogP contribution >= 0.6 is 0 Å². The number of hydrogen-bond donors (Lipinski definition) is 3. The highest BCUT2D eigenvalue weighted by molar-refractivity contribution is 5.96. The van der Waals surface area contributed by atoms with Gasteiger partial charge in [-0.25, -0.2) is 4.98 Å². The molecule has 1 aliphatic heterocycles. The van der Waals surface area contributed by atoms with E-state index in [9.17, 15) is 0 Å². The fourth-order valence-corrected chi connectivity index (χ4v) is 5.32. The van der Waals surface area contributed by atoms with Crippen molar-refractivity contribution < 1.29 is 0 Å². The number of H-pyrrole nitrogens is 2. The summed E-state index contributed by atoms with van der Waals surface area (Å²) in [5, 5.41) is 12.2. The van der Waals surface area contributed by atoms with Gasteiger partial charge in [0.15, 0.2) is 5.82 Å². The summed E-state index contributed by atoms with van der Waals surface area (Å²) in [5.41, 5.74) is 8.73. The van der Waals surface area contributed by atoms with Gasteiger partial charge in [0, 0.05) is 49.5 Å². The SMILES string of the molecule is c1ccc(CNCc2cncc(-c3cc4c(-c5nc6c(N7CCCCC7)cncc6[nH]5)n[nH]c4cn3)c2)cc1. The van der Waals surface area contributed by atoms with E-state index in [-0.39, 0.29) is 0 Å². The van der Waals surface area contributed by atoms with Crippen LogP contribution in [0.3, 0.4) is 0 Å². The molecule has 0 unspecified atom stereocenters. The topological polar surface area (TPSA) is 111 Å². The van der Waals surface area contributed by atoms with Gasteiger partial charge in [0.2, 0.25) is 0 Å². The number of piperidine rings is 1. The Kier molecular flexibility index (Phi) is 6.18. The molecule has 0 amide bonds. The maximum absolute atomic E-state index is 4.99. The summed E-state index contributed by atoms with van der Waals surface area (Å²) < 4.78 is 0. The van der Waals surface area contributed by atoms with Crippen LogP contribution in [-0.4, -0.2) is 48.2 Å². The van der Waals surface area contributed by atoms with Crippen molar-refractivity contribution in [3.63, 3.8) is 0 Å². The first-order valence-corrected chi connectivity index (χ1v) is 13.4. The average Bonchev–Trinajstić information content (AvgIpc) is 3.62. The molecule has 1 saturated heterocycles. The molecule has 0 radical (unpaired) electrons. The Morgan fingerprint density at radius 3 is 2.56 bits per heavy atom. The molecule has 1 aromatic carbocycles. The van der Waals surface area contributed by atoms with E-state index in [1.54, 1.807) is 0 Å². The molecule has 0 saturated carbocycles. The van der Waals surface area contributed by atoms with E-state index in [0.717, 1.165) is 82.1 Å². The van der Waals surface area contributed by atoms with Crippen LogP contribution in [0.25, 0.3) is 44.7 Å². The average molecular weight is 516 g/mol. The van der Waals surface area contributed by atoms with Gasteiger partial charge < -0.3 is 15.2 Å². The van der Waals surface area contributed by atoms with E-state index in [4.69, 9.17) is 9.97 Å². The number of benzene rings is 1. The van der Waals surface area contributed by atoms with Crippen molar-refractivity contribution in [2.24, 2.45) is 0 Å². The van der Waals surface area contributed by atoms with Crippen molar-refractivity contribution >= 4 is 27.6 Å². The van der Waals surface area contributed by atoms with Gasteiger partial charge in [0.05, 0.1) is 41.0 Å². The van der Waals surface area contributed by atoms with Gasteiger partial charge in [0.25, 0.3) is 0 Å². The zero-order valence-electron chi connectivity index (χ0n) is 21.6. The second-order valence-corrected chi connectivity index (χ2v) is 10.0. The van der Waals surface area contributed by atoms with E-state index in [1.807, 2.05) is 37.1 Å². The summed E-state index contributed by atoms with van der Waals surface area (Å²) in [6.45, 7) is 3.61. The lowest BCUT2D eigenvalue weighted by Gasteiger charge is -2.28. The van der Waals surface area contributed by atoms with Crippen LogP contribution in [-0.2, 0) is 13.1 Å². The predicted molar refractivity (Wildman–Crippen MR) is 153 cm³/mol. The summed E-state index contributed by atoms with van der Waals surface area (Å²) in [6.07, 6.45) is 13.0. The lowest BCUT2D eigenvalue weighted by atomic mass is 10.1. The number of imidazole rings is 1. The minimum atomic E-state index is 0.719. The number of pyridine rings is 3. The molecule has 6 aromatic rings. The first-order chi connectivity index (χ1) is 19.3. The van der Waals surface area contributed by atoms with Gasteiger partial charge in [-0.15, -0.1) is 0 Å². The first kappa shape index (κ1) is 23.5. The second kappa shape index (κ2) is 10.3. The number of aromatic nitrogens is 7. The number of aromatic amines is 2. The van der Waals surface area contributed by atoms with E-state index in [1.165, 1.54) is 24.8 Å². The summed E-state index contributed by atoms with van der Waals surface area (Å²) in [5.74, 6) is 0.719. The van der Waals surface area contributed by atoms with E-state index in [0.29, 0.717) is 0 Å². The second-order valence-electron chi connectivity index (χ2n) is 10.0. The highest BCUT2D eigenvalue weighted by Gasteiger charge is 2.19. The zero-order chi connectivity index (χ0) is 26.0. The molecule has 0 spiro atoms. The van der Waals surface area contributed by atoms with E-state index >= 15 is 0 Å². The van der Waals surface area contributed by atoms with E-state index < -0.39 is 0 Å². The van der Waals surface area contributed by atoms with Gasteiger partial charge in [-0.3, -0.25) is 20.1 Å². The summed E-state index contributed by atoms with van der Waals surface area (Å²) in [6, 6.07) is 14.6. The van der Waals surface area contributed by atoms with Gasteiger partial charge in [0.1, 0.15) is 11.2 Å². The molecule has 0 aliphatic carbocycles. The molecule has 1 aliphatic rings. The van der Waals surface area contributed by atoms with Crippen LogP contribution in [0.2, 0.25) is 0 Å². The lowest BCUT2D eigenvalue weighted by molar-refractivity contribution is 0.578. The van der Waals surface area contributed by atoms with Crippen LogP contribution in [0, 0.1) is 0 Å². The predicted octanol–water partition coefficient (Wildman–Crippen LogP) is 5.24. The van der Waals surface area contributed by atoms with Gasteiger partial charge >= 0.3 is 0 Å². The highest BCUT2D eigenvalue weighted by atomic mass is 15.2. The lowest BCUT2D eigenvalue weighted by Crippen LogP contribution is -2.29. The normalized spacial score (nSPS) is 13.9. The van der Waals surface area contributed by atoms with E-state index in [2.05, 4.69) is 71.8 Å². The Hall–Kier alpha value is -4.63. The molecule has 1 fully saturated rings. The van der Waals surface area contributed by atoms with Crippen molar-refractivity contribution in [1.82, 2.24) is 40.4 Å². The minimum absolute atomic E-state index is 0.719. The van der Waals surface area contributed by atoms with Crippen molar-refractivity contribution in [2.45, 2.75) is 32.4 Å². The molecule has 9 nitrogen and oxygen atoms in total. The fourth-order valence-electron chi connectivity index (χ4n) is 5.32. The first-order valence-electron chi connectivity index (χ1n) is 13.4. The Morgan fingerprint density at radius 2 is 1.67 bits per heavy atom. The Morgan fingerprint density at radius 1 is 0.821 bits per heavy atom. The van der Waals surface area contributed by atoms with Crippen LogP contribution in [0.5, 0.6) is 0 Å². The molecular weight excluding hydrogens is 486 g/mol. The minimum Gasteiger partial charge on any atom is -0.368 e. The fraction of sp³-hybridized carbons (Fsp3) is 0.233. The summed E-state index contributed by atoms with van der Waals surface area (Å²) in [7, 11) is 0. The Labute approximate surface area is 225 Å². The standard InChI is InChI=1S/C30H29N9/c1-3-7-20(8-4-1)13-31-14-21-11-22(16-32-15-21)24-12-23-25(18-34-24)37-38-28(23)30-35-26-17-33-19-27(29(26)36-30)39-9-5-2-6-10-39/h1,3-4,7-8,11-12,15-19,31H,2,5-6,9-10,13-14H2,(H,35,36)(H,37,38). The molecule has 0 atom stereocenters. The molecule has 3 N–H and O–H groups in total. The number of hydrogen-bond acceptors (Lipinski definition) is 7. The van der Waals surface area contributed by atoms with Crippen molar-refractivity contribution in [2.75, 3.05) is 18.0 Å². The monoisotopic (exact) mass is 515 g/mol. The van der Waals surface area contributed by atoms with Crippen LogP contribution in [0.1, 0.15) is 30.4 Å². The number of rotatable bonds is 7. The molecule has 7 rings (SSSR count). The Balaban J connectivity index is 1.18. The van der Waals surface area contributed by atoms with Crippen molar-refractivity contribution in [1.29, 1.82) is 0 Å². The third-order valence-corrected chi connectivity index (χ3v) is 7.33. The van der Waals surface area contributed by atoms with Crippen LogP contribution in [0.15, 0.2) is 73.4 Å². The number of nitrogens with one attached hydrogen (secondary N) is 3.